The van der Waals surface area contributed by atoms with E-state index in [1.54, 1.807) is 17.9 Å². The minimum atomic E-state index is -4.82. The number of carboxylic acid groups (broad SMARTS) is 1. The number of piperazine rings is 1. The fourth-order valence-corrected chi connectivity index (χ4v) is 6.26. The highest BCUT2D eigenvalue weighted by molar-refractivity contribution is 7.90. The van der Waals surface area contributed by atoms with Crippen LogP contribution in [0.4, 0.5) is 23.2 Å². The lowest BCUT2D eigenvalue weighted by molar-refractivity contribution is -0.140. The van der Waals surface area contributed by atoms with Crippen molar-refractivity contribution in [3.05, 3.63) is 58.9 Å². The zero-order chi connectivity index (χ0) is 24.8. The van der Waals surface area contributed by atoms with Crippen molar-refractivity contribution >= 4 is 34.3 Å². The molecule has 12 heteroatoms. The molecule has 1 heterocycles. The standard InChI is InChI=1S/C21H22F4N2O4S2/c1-13-7-14(10-19(28)29)9-16(8-13)33(30,31)27-6-5-26(12-20(27,2)32)15-3-4-17(18(22)11-15)21(23,24)25/h3-4,7-9,11,32H,5-6,10,12H2,1-2H3,(H,28,29)/t20-/m1/s1. The first-order valence-corrected chi connectivity index (χ1v) is 11.7. The van der Waals surface area contributed by atoms with E-state index in [0.717, 1.165) is 16.4 Å². The summed E-state index contributed by atoms with van der Waals surface area (Å²) in [7, 11) is -4.08. The van der Waals surface area contributed by atoms with Crippen molar-refractivity contribution in [2.45, 2.75) is 36.2 Å². The van der Waals surface area contributed by atoms with Gasteiger partial charge in [0.1, 0.15) is 5.82 Å². The van der Waals surface area contributed by atoms with Crippen LogP contribution in [0.1, 0.15) is 23.6 Å². The normalized spacial score (nSPS) is 20.2. The Balaban J connectivity index is 1.88. The Morgan fingerprint density at radius 3 is 2.39 bits per heavy atom. The smallest absolute Gasteiger partial charge is 0.419 e. The Morgan fingerprint density at radius 1 is 1.18 bits per heavy atom. The number of alkyl halides is 3. The van der Waals surface area contributed by atoms with Gasteiger partial charge in [-0.3, -0.25) is 4.79 Å². The predicted octanol–water partition coefficient (Wildman–Crippen LogP) is 3.94. The van der Waals surface area contributed by atoms with Crippen molar-refractivity contribution in [1.29, 1.82) is 0 Å². The average molecular weight is 507 g/mol. The number of anilines is 1. The lowest BCUT2D eigenvalue weighted by Gasteiger charge is -2.46. The number of carbonyl (C=O) groups is 1. The fraction of sp³-hybridized carbons (Fsp3) is 0.381. The van der Waals surface area contributed by atoms with Gasteiger partial charge in [0.2, 0.25) is 10.0 Å². The third-order valence-corrected chi connectivity index (χ3v) is 7.79. The maximum Gasteiger partial charge on any atom is 0.419 e. The van der Waals surface area contributed by atoms with Crippen LogP contribution in [0, 0.1) is 12.7 Å². The third-order valence-electron chi connectivity index (χ3n) is 5.28. The molecule has 0 spiro atoms. The van der Waals surface area contributed by atoms with Crippen molar-refractivity contribution < 1.29 is 35.9 Å². The van der Waals surface area contributed by atoms with Crippen LogP contribution in [0.5, 0.6) is 0 Å². The SMILES string of the molecule is Cc1cc(CC(=O)O)cc(S(=O)(=O)N2CCN(c3ccc(C(F)(F)F)c(F)c3)C[C@@]2(C)S)c1. The van der Waals surface area contributed by atoms with E-state index < -0.39 is 38.4 Å². The molecule has 1 saturated heterocycles. The van der Waals surface area contributed by atoms with E-state index in [2.05, 4.69) is 12.6 Å². The Hall–Kier alpha value is -2.31. The van der Waals surface area contributed by atoms with Gasteiger partial charge in [0.05, 0.1) is 21.8 Å². The van der Waals surface area contributed by atoms with E-state index in [4.69, 9.17) is 5.11 Å². The van der Waals surface area contributed by atoms with Gasteiger partial charge in [0, 0.05) is 25.3 Å². The number of carboxylic acids is 1. The van der Waals surface area contributed by atoms with E-state index in [0.29, 0.717) is 17.2 Å². The van der Waals surface area contributed by atoms with Crippen molar-refractivity contribution in [1.82, 2.24) is 4.31 Å². The summed E-state index contributed by atoms with van der Waals surface area (Å²) in [6.45, 7) is 3.20. The van der Waals surface area contributed by atoms with Crippen molar-refractivity contribution in [2.24, 2.45) is 0 Å². The molecule has 2 aromatic rings. The van der Waals surface area contributed by atoms with Gasteiger partial charge in [-0.1, -0.05) is 6.07 Å². The molecule has 0 aromatic heterocycles. The minimum Gasteiger partial charge on any atom is -0.481 e. The first kappa shape index (κ1) is 25.3. The summed E-state index contributed by atoms with van der Waals surface area (Å²) in [6.07, 6.45) is -5.16. The van der Waals surface area contributed by atoms with Crippen LogP contribution >= 0.6 is 12.6 Å². The van der Waals surface area contributed by atoms with Crippen molar-refractivity contribution in [3.63, 3.8) is 0 Å². The molecule has 33 heavy (non-hydrogen) atoms. The number of aliphatic carboxylic acids is 1. The van der Waals surface area contributed by atoms with Gasteiger partial charge in [-0.15, -0.1) is 0 Å². The number of halogens is 4. The van der Waals surface area contributed by atoms with Crippen LogP contribution in [0.25, 0.3) is 0 Å². The zero-order valence-corrected chi connectivity index (χ0v) is 19.4. The molecule has 0 radical (unpaired) electrons. The first-order chi connectivity index (χ1) is 15.1. The van der Waals surface area contributed by atoms with Crippen molar-refractivity contribution in [3.8, 4) is 0 Å². The third kappa shape index (κ3) is 5.44. The fourth-order valence-electron chi connectivity index (χ4n) is 3.88. The number of sulfonamides is 1. The van der Waals surface area contributed by atoms with E-state index in [1.165, 1.54) is 19.1 Å². The Morgan fingerprint density at radius 2 is 1.85 bits per heavy atom. The summed E-state index contributed by atoms with van der Waals surface area (Å²) in [6, 6.07) is 6.89. The number of rotatable bonds is 5. The van der Waals surface area contributed by atoms with Gasteiger partial charge in [-0.25, -0.2) is 12.8 Å². The summed E-state index contributed by atoms with van der Waals surface area (Å²) in [5.74, 6) is -2.51. The molecule has 0 saturated carbocycles. The second kappa shape index (κ2) is 8.80. The van der Waals surface area contributed by atoms with Crippen molar-refractivity contribution in [2.75, 3.05) is 24.5 Å². The lowest BCUT2D eigenvalue weighted by Crippen LogP contribution is -2.59. The molecule has 0 amide bonds. The van der Waals surface area contributed by atoms with E-state index in [-0.39, 0.29) is 36.6 Å². The predicted molar refractivity (Wildman–Crippen MR) is 117 cm³/mol. The summed E-state index contributed by atoms with van der Waals surface area (Å²) >= 11 is 4.50. The van der Waals surface area contributed by atoms with Gasteiger partial charge in [-0.05, 0) is 55.3 Å². The van der Waals surface area contributed by atoms with Crippen LogP contribution in [-0.2, 0) is 27.4 Å². The topological polar surface area (TPSA) is 77.9 Å². The number of nitrogens with zero attached hydrogens (tertiary/aromatic N) is 2. The van der Waals surface area contributed by atoms with E-state index in [9.17, 15) is 30.8 Å². The molecule has 1 aliphatic heterocycles. The highest BCUT2D eigenvalue weighted by Gasteiger charge is 2.43. The van der Waals surface area contributed by atoms with E-state index in [1.807, 2.05) is 0 Å². The van der Waals surface area contributed by atoms with Gasteiger partial charge in [0.15, 0.2) is 0 Å². The quantitative estimate of drug-likeness (QED) is 0.475. The van der Waals surface area contributed by atoms with E-state index >= 15 is 0 Å². The number of hydrogen-bond donors (Lipinski definition) is 2. The summed E-state index contributed by atoms with van der Waals surface area (Å²) in [4.78, 5) is 11.3. The summed E-state index contributed by atoms with van der Waals surface area (Å²) < 4.78 is 80.5. The molecule has 0 unspecified atom stereocenters. The van der Waals surface area contributed by atoms with Crippen LogP contribution in [-0.4, -0.2) is 48.3 Å². The molecule has 1 atom stereocenters. The molecule has 1 aliphatic rings. The number of hydrogen-bond acceptors (Lipinski definition) is 5. The van der Waals surface area contributed by atoms with Gasteiger partial charge in [-0.2, -0.15) is 30.1 Å². The maximum atomic E-state index is 14.0. The number of thiol groups is 1. The van der Waals surface area contributed by atoms with Crippen LogP contribution in [0.15, 0.2) is 41.3 Å². The zero-order valence-electron chi connectivity index (χ0n) is 17.7. The van der Waals surface area contributed by atoms with Gasteiger partial charge in [0.25, 0.3) is 0 Å². The second-order valence-electron chi connectivity index (χ2n) is 8.10. The molecule has 180 valence electrons. The molecule has 1 fully saturated rings. The molecular weight excluding hydrogens is 484 g/mol. The molecule has 0 aliphatic carbocycles. The Kier molecular flexibility index (Phi) is 6.75. The molecule has 6 nitrogen and oxygen atoms in total. The van der Waals surface area contributed by atoms with Gasteiger partial charge >= 0.3 is 12.1 Å². The average Bonchev–Trinajstić information content (AvgIpc) is 2.64. The van der Waals surface area contributed by atoms with Crippen LogP contribution in [0.2, 0.25) is 0 Å². The number of aryl methyl sites for hydroxylation is 1. The summed E-state index contributed by atoms with van der Waals surface area (Å²) in [5, 5.41) is 9.04. The molecule has 0 bridgehead atoms. The minimum absolute atomic E-state index is 0.0199. The highest BCUT2D eigenvalue weighted by atomic mass is 32.2. The first-order valence-electron chi connectivity index (χ1n) is 9.80. The molecule has 1 N–H and O–H groups in total. The second-order valence-corrected chi connectivity index (χ2v) is 10.9. The van der Waals surface area contributed by atoms with Gasteiger partial charge < -0.3 is 10.0 Å². The molecule has 3 rings (SSSR count). The van der Waals surface area contributed by atoms with Crippen LogP contribution in [0.3, 0.4) is 0 Å². The molecule has 2 aromatic carbocycles. The van der Waals surface area contributed by atoms with Crippen LogP contribution < -0.4 is 4.90 Å². The Bertz CT molecular complexity index is 1180. The maximum absolute atomic E-state index is 14.0. The molecular formula is C21H22F4N2O4S2. The Labute approximate surface area is 194 Å². The highest BCUT2D eigenvalue weighted by Crippen LogP contribution is 2.36. The lowest BCUT2D eigenvalue weighted by atomic mass is 10.1. The number of benzene rings is 2. The monoisotopic (exact) mass is 506 g/mol. The largest absolute Gasteiger partial charge is 0.481 e. The summed E-state index contributed by atoms with van der Waals surface area (Å²) in [5.41, 5.74) is -0.289.